The Balaban J connectivity index is 2.32. The van der Waals surface area contributed by atoms with Crippen LogP contribution in [0.1, 0.15) is 17.7 Å². The molecular weight excluding hydrogens is 202 g/mol. The van der Waals surface area contributed by atoms with Crippen LogP contribution >= 0.6 is 0 Å². The Labute approximate surface area is 96.5 Å². The number of carbonyl (C=O) groups is 1. The summed E-state index contributed by atoms with van der Waals surface area (Å²) in [6.07, 6.45) is 3.03. The average Bonchev–Trinajstić information content (AvgIpc) is 2.28. The first-order valence-corrected chi connectivity index (χ1v) is 5.56. The lowest BCUT2D eigenvalue weighted by molar-refractivity contribution is -0.120. The van der Waals surface area contributed by atoms with Crippen molar-refractivity contribution in [3.63, 3.8) is 0 Å². The van der Waals surface area contributed by atoms with E-state index < -0.39 is 0 Å². The van der Waals surface area contributed by atoms with Crippen molar-refractivity contribution in [2.45, 2.75) is 19.8 Å². The van der Waals surface area contributed by atoms with E-state index in [2.05, 4.69) is 15.6 Å². The van der Waals surface area contributed by atoms with Gasteiger partial charge in [-0.05, 0) is 38.6 Å². The Bertz CT molecular complexity index is 339. The second kappa shape index (κ2) is 6.95. The predicted octanol–water partition coefficient (Wildman–Crippen LogP) is 0.658. The summed E-state index contributed by atoms with van der Waals surface area (Å²) < 4.78 is 0. The normalized spacial score (nSPS) is 10.1. The topological polar surface area (TPSA) is 54.0 Å². The molecule has 1 aromatic heterocycles. The summed E-state index contributed by atoms with van der Waals surface area (Å²) in [4.78, 5) is 15.7. The molecule has 1 rings (SSSR count). The molecule has 0 fully saturated rings. The molecule has 1 amide bonds. The lowest BCUT2D eigenvalue weighted by Gasteiger charge is -2.06. The van der Waals surface area contributed by atoms with Crippen molar-refractivity contribution in [1.82, 2.24) is 15.6 Å². The van der Waals surface area contributed by atoms with Crippen LogP contribution in [0.5, 0.6) is 0 Å². The number of rotatable bonds is 6. The number of pyridine rings is 1. The Kier molecular flexibility index (Phi) is 5.50. The van der Waals surface area contributed by atoms with E-state index in [1.807, 2.05) is 26.1 Å². The van der Waals surface area contributed by atoms with E-state index in [4.69, 9.17) is 0 Å². The monoisotopic (exact) mass is 221 g/mol. The summed E-state index contributed by atoms with van der Waals surface area (Å²) >= 11 is 0. The minimum atomic E-state index is 0.0397. The standard InChI is InChI=1S/C12H19N3O/c1-10-5-3-7-14-11(10)9-12(16)15-8-4-6-13-2/h3,5,7,13H,4,6,8-9H2,1-2H3,(H,15,16). The zero-order valence-corrected chi connectivity index (χ0v) is 9.92. The molecule has 1 heterocycles. The Hall–Kier alpha value is -1.42. The fraction of sp³-hybridized carbons (Fsp3) is 0.500. The van der Waals surface area contributed by atoms with Gasteiger partial charge < -0.3 is 10.6 Å². The first kappa shape index (κ1) is 12.6. The molecule has 0 saturated heterocycles. The van der Waals surface area contributed by atoms with Crippen LogP contribution in [0.3, 0.4) is 0 Å². The molecule has 0 spiro atoms. The molecule has 4 nitrogen and oxygen atoms in total. The van der Waals surface area contributed by atoms with E-state index in [1.165, 1.54) is 0 Å². The number of hydrogen-bond acceptors (Lipinski definition) is 3. The molecule has 2 N–H and O–H groups in total. The fourth-order valence-electron chi connectivity index (χ4n) is 1.41. The van der Waals surface area contributed by atoms with Crippen LogP contribution in [0.4, 0.5) is 0 Å². The van der Waals surface area contributed by atoms with E-state index in [1.54, 1.807) is 6.20 Å². The second-order valence-electron chi connectivity index (χ2n) is 3.75. The lowest BCUT2D eigenvalue weighted by Crippen LogP contribution is -2.28. The predicted molar refractivity (Wildman–Crippen MR) is 64.2 cm³/mol. The van der Waals surface area contributed by atoms with Crippen molar-refractivity contribution < 1.29 is 4.79 Å². The molecular formula is C12H19N3O. The molecule has 0 aliphatic carbocycles. The number of aromatic nitrogens is 1. The van der Waals surface area contributed by atoms with Gasteiger partial charge in [0.25, 0.3) is 0 Å². The summed E-state index contributed by atoms with van der Waals surface area (Å²) in [6, 6.07) is 3.85. The average molecular weight is 221 g/mol. The molecule has 4 heteroatoms. The molecule has 0 aromatic carbocycles. The van der Waals surface area contributed by atoms with Crippen molar-refractivity contribution in [3.8, 4) is 0 Å². The van der Waals surface area contributed by atoms with E-state index in [0.717, 1.165) is 24.2 Å². The number of hydrogen-bond donors (Lipinski definition) is 2. The Morgan fingerprint density at radius 2 is 2.25 bits per heavy atom. The summed E-state index contributed by atoms with van der Waals surface area (Å²) in [5, 5.41) is 5.91. The quantitative estimate of drug-likeness (QED) is 0.694. The SMILES string of the molecule is CNCCCNC(=O)Cc1ncccc1C. The van der Waals surface area contributed by atoms with E-state index in [0.29, 0.717) is 13.0 Å². The van der Waals surface area contributed by atoms with Gasteiger partial charge in [0, 0.05) is 12.7 Å². The van der Waals surface area contributed by atoms with E-state index >= 15 is 0 Å². The van der Waals surface area contributed by atoms with Crippen LogP contribution in [0.15, 0.2) is 18.3 Å². The molecule has 0 radical (unpaired) electrons. The number of carbonyl (C=O) groups excluding carboxylic acids is 1. The van der Waals surface area contributed by atoms with Gasteiger partial charge in [0.1, 0.15) is 0 Å². The maximum atomic E-state index is 11.6. The van der Waals surface area contributed by atoms with Crippen molar-refractivity contribution >= 4 is 5.91 Å². The van der Waals surface area contributed by atoms with Crippen LogP contribution in [-0.4, -0.2) is 31.0 Å². The van der Waals surface area contributed by atoms with Gasteiger partial charge in [-0.3, -0.25) is 9.78 Å². The van der Waals surface area contributed by atoms with Gasteiger partial charge in [0.05, 0.1) is 12.1 Å². The maximum Gasteiger partial charge on any atom is 0.226 e. The van der Waals surface area contributed by atoms with Crippen LogP contribution in [0, 0.1) is 6.92 Å². The molecule has 0 aliphatic rings. The third-order valence-electron chi connectivity index (χ3n) is 2.37. The molecule has 0 unspecified atom stereocenters. The molecule has 1 aromatic rings. The molecule has 88 valence electrons. The van der Waals surface area contributed by atoms with E-state index in [9.17, 15) is 4.79 Å². The van der Waals surface area contributed by atoms with Crippen molar-refractivity contribution in [2.24, 2.45) is 0 Å². The summed E-state index contributed by atoms with van der Waals surface area (Å²) in [6.45, 7) is 3.60. The number of amides is 1. The van der Waals surface area contributed by atoms with Gasteiger partial charge in [0.15, 0.2) is 0 Å². The third-order valence-corrected chi connectivity index (χ3v) is 2.37. The smallest absolute Gasteiger partial charge is 0.226 e. The molecule has 0 bridgehead atoms. The molecule has 16 heavy (non-hydrogen) atoms. The second-order valence-corrected chi connectivity index (χ2v) is 3.75. The minimum Gasteiger partial charge on any atom is -0.356 e. The van der Waals surface area contributed by atoms with Crippen molar-refractivity contribution in [1.29, 1.82) is 0 Å². The minimum absolute atomic E-state index is 0.0397. The zero-order chi connectivity index (χ0) is 11.8. The van der Waals surface area contributed by atoms with Crippen LogP contribution in [0.25, 0.3) is 0 Å². The van der Waals surface area contributed by atoms with Gasteiger partial charge in [-0.2, -0.15) is 0 Å². The zero-order valence-electron chi connectivity index (χ0n) is 9.92. The maximum absolute atomic E-state index is 11.6. The fourth-order valence-corrected chi connectivity index (χ4v) is 1.41. The van der Waals surface area contributed by atoms with Crippen LogP contribution in [-0.2, 0) is 11.2 Å². The van der Waals surface area contributed by atoms with Gasteiger partial charge in [-0.1, -0.05) is 6.07 Å². The Morgan fingerprint density at radius 1 is 1.44 bits per heavy atom. The summed E-state index contributed by atoms with van der Waals surface area (Å²) in [5.74, 6) is 0.0397. The van der Waals surface area contributed by atoms with Gasteiger partial charge in [-0.25, -0.2) is 0 Å². The Morgan fingerprint density at radius 3 is 2.94 bits per heavy atom. The van der Waals surface area contributed by atoms with Gasteiger partial charge in [-0.15, -0.1) is 0 Å². The van der Waals surface area contributed by atoms with Gasteiger partial charge >= 0.3 is 0 Å². The number of aryl methyl sites for hydroxylation is 1. The third kappa shape index (κ3) is 4.40. The highest BCUT2D eigenvalue weighted by Gasteiger charge is 2.05. The number of nitrogens with one attached hydrogen (secondary N) is 2. The highest BCUT2D eigenvalue weighted by molar-refractivity contribution is 5.78. The summed E-state index contributed by atoms with van der Waals surface area (Å²) in [7, 11) is 1.90. The first-order chi connectivity index (χ1) is 7.74. The van der Waals surface area contributed by atoms with Crippen LogP contribution in [0.2, 0.25) is 0 Å². The highest BCUT2D eigenvalue weighted by Crippen LogP contribution is 2.03. The summed E-state index contributed by atoms with van der Waals surface area (Å²) in [5.41, 5.74) is 1.92. The van der Waals surface area contributed by atoms with Crippen molar-refractivity contribution in [3.05, 3.63) is 29.6 Å². The number of nitrogens with zero attached hydrogens (tertiary/aromatic N) is 1. The van der Waals surface area contributed by atoms with Crippen molar-refractivity contribution in [2.75, 3.05) is 20.1 Å². The molecule has 0 saturated carbocycles. The lowest BCUT2D eigenvalue weighted by atomic mass is 10.1. The van der Waals surface area contributed by atoms with Gasteiger partial charge in [0.2, 0.25) is 5.91 Å². The van der Waals surface area contributed by atoms with Crippen LogP contribution < -0.4 is 10.6 Å². The molecule has 0 aliphatic heterocycles. The first-order valence-electron chi connectivity index (χ1n) is 5.56. The van der Waals surface area contributed by atoms with E-state index in [-0.39, 0.29) is 5.91 Å². The highest BCUT2D eigenvalue weighted by atomic mass is 16.1. The largest absolute Gasteiger partial charge is 0.356 e. The molecule has 0 atom stereocenters.